The average Bonchev–Trinajstić information content (AvgIpc) is 2.79. The second-order valence-corrected chi connectivity index (χ2v) is 6.73. The van der Waals surface area contributed by atoms with Gasteiger partial charge in [-0.3, -0.25) is 0 Å². The van der Waals surface area contributed by atoms with E-state index in [4.69, 9.17) is 9.47 Å². The summed E-state index contributed by atoms with van der Waals surface area (Å²) in [6, 6.07) is 0. The fourth-order valence-electron chi connectivity index (χ4n) is 2.76. The molecule has 0 saturated carbocycles. The van der Waals surface area contributed by atoms with Gasteiger partial charge in [0.2, 0.25) is 5.79 Å². The molecule has 1 atom stereocenters. The van der Waals surface area contributed by atoms with Crippen molar-refractivity contribution in [3.05, 3.63) is 47.8 Å². The van der Waals surface area contributed by atoms with Crippen LogP contribution in [0.1, 0.15) is 47.5 Å². The molecule has 0 amide bonds. The molecule has 0 N–H and O–H groups in total. The van der Waals surface area contributed by atoms with Crippen LogP contribution < -0.4 is 0 Å². The first-order valence-corrected chi connectivity index (χ1v) is 7.45. The molecule has 2 heteroatoms. The maximum Gasteiger partial charge on any atom is 0.237 e. The fourth-order valence-corrected chi connectivity index (χ4v) is 2.76. The average molecular weight is 274 g/mol. The van der Waals surface area contributed by atoms with Crippen LogP contribution in [0.3, 0.4) is 0 Å². The second kappa shape index (κ2) is 5.61. The summed E-state index contributed by atoms with van der Waals surface area (Å²) in [5.74, 6) is 0.234. The van der Waals surface area contributed by atoms with Gasteiger partial charge in [0.15, 0.2) is 0 Å². The van der Waals surface area contributed by atoms with Crippen molar-refractivity contribution in [2.45, 2.75) is 59.4 Å². The molecule has 2 rings (SSSR count). The predicted molar refractivity (Wildman–Crippen MR) is 83.2 cm³/mol. The highest BCUT2D eigenvalue weighted by Crippen LogP contribution is 2.44. The highest BCUT2D eigenvalue weighted by atomic mass is 16.7. The summed E-state index contributed by atoms with van der Waals surface area (Å²) >= 11 is 0. The monoisotopic (exact) mass is 274 g/mol. The lowest BCUT2D eigenvalue weighted by molar-refractivity contribution is -0.211. The quantitative estimate of drug-likeness (QED) is 0.679. The summed E-state index contributed by atoms with van der Waals surface area (Å²) in [5, 5.41) is 0. The first-order chi connectivity index (χ1) is 9.33. The zero-order valence-electron chi connectivity index (χ0n) is 13.3. The maximum absolute atomic E-state index is 6.32. The van der Waals surface area contributed by atoms with E-state index in [-0.39, 0.29) is 11.5 Å². The van der Waals surface area contributed by atoms with Crippen molar-refractivity contribution in [3.8, 4) is 0 Å². The minimum atomic E-state index is -0.679. The van der Waals surface area contributed by atoms with E-state index in [1.54, 1.807) is 0 Å². The molecular formula is C18H26O2. The normalized spacial score (nSPS) is 25.9. The van der Waals surface area contributed by atoms with E-state index >= 15 is 0 Å². The highest BCUT2D eigenvalue weighted by molar-refractivity contribution is 5.32. The molecule has 1 unspecified atom stereocenters. The third kappa shape index (κ3) is 3.24. The van der Waals surface area contributed by atoms with Crippen LogP contribution in [-0.2, 0) is 9.47 Å². The molecule has 2 aliphatic rings. The Morgan fingerprint density at radius 2 is 1.95 bits per heavy atom. The summed E-state index contributed by atoms with van der Waals surface area (Å²) in [7, 11) is 0. The Morgan fingerprint density at radius 3 is 2.50 bits per heavy atom. The van der Waals surface area contributed by atoms with Gasteiger partial charge in [-0.05, 0) is 37.8 Å². The summed E-state index contributed by atoms with van der Waals surface area (Å²) in [6.07, 6.45) is 14.4. The van der Waals surface area contributed by atoms with Gasteiger partial charge in [0.25, 0.3) is 0 Å². The molecule has 2 nitrogen and oxygen atoms in total. The lowest BCUT2D eigenvalue weighted by atomic mass is 9.78. The van der Waals surface area contributed by atoms with E-state index in [1.165, 1.54) is 5.57 Å². The lowest BCUT2D eigenvalue weighted by Crippen LogP contribution is -2.44. The number of hydrogen-bond donors (Lipinski definition) is 0. The van der Waals surface area contributed by atoms with Crippen molar-refractivity contribution >= 4 is 0 Å². The number of rotatable bonds is 4. The van der Waals surface area contributed by atoms with Crippen LogP contribution in [0.15, 0.2) is 47.8 Å². The van der Waals surface area contributed by atoms with Crippen LogP contribution in [0.5, 0.6) is 0 Å². The van der Waals surface area contributed by atoms with Crippen LogP contribution in [0.4, 0.5) is 0 Å². The molecule has 0 bridgehead atoms. The van der Waals surface area contributed by atoms with Crippen molar-refractivity contribution in [1.29, 1.82) is 0 Å². The van der Waals surface area contributed by atoms with Gasteiger partial charge in [-0.15, -0.1) is 0 Å². The van der Waals surface area contributed by atoms with Crippen molar-refractivity contribution in [1.82, 2.24) is 0 Å². The lowest BCUT2D eigenvalue weighted by Gasteiger charge is -2.43. The predicted octanol–water partition coefficient (Wildman–Crippen LogP) is 4.90. The van der Waals surface area contributed by atoms with E-state index in [1.807, 2.05) is 6.08 Å². The van der Waals surface area contributed by atoms with Gasteiger partial charge in [-0.25, -0.2) is 0 Å². The third-order valence-electron chi connectivity index (χ3n) is 3.45. The molecule has 0 saturated heterocycles. The van der Waals surface area contributed by atoms with Crippen LogP contribution in [0.25, 0.3) is 0 Å². The number of hydrogen-bond acceptors (Lipinski definition) is 2. The van der Waals surface area contributed by atoms with E-state index in [0.29, 0.717) is 0 Å². The molecule has 0 aromatic heterocycles. The SMILES string of the molecule is CC(C)OC1(OC2=CCC=C2)CC=CC=C1C(C)(C)C. The second-order valence-electron chi connectivity index (χ2n) is 6.73. The Bertz CT molecular complexity index is 472. The molecule has 0 aliphatic heterocycles. The zero-order chi connectivity index (χ0) is 14.8. The molecular weight excluding hydrogens is 248 g/mol. The maximum atomic E-state index is 6.32. The van der Waals surface area contributed by atoms with E-state index in [9.17, 15) is 0 Å². The topological polar surface area (TPSA) is 18.5 Å². The van der Waals surface area contributed by atoms with Crippen molar-refractivity contribution in [2.75, 3.05) is 0 Å². The van der Waals surface area contributed by atoms with Gasteiger partial charge < -0.3 is 9.47 Å². The fraction of sp³-hybridized carbons (Fsp3) is 0.556. The van der Waals surface area contributed by atoms with Gasteiger partial charge in [-0.1, -0.05) is 45.1 Å². The first-order valence-electron chi connectivity index (χ1n) is 7.45. The molecule has 0 aromatic rings. The van der Waals surface area contributed by atoms with E-state index in [0.717, 1.165) is 18.6 Å². The van der Waals surface area contributed by atoms with Gasteiger partial charge in [-0.2, -0.15) is 0 Å². The third-order valence-corrected chi connectivity index (χ3v) is 3.45. The Hall–Kier alpha value is -1.28. The first kappa shape index (κ1) is 15.1. The van der Waals surface area contributed by atoms with Gasteiger partial charge in [0, 0.05) is 12.0 Å². The highest BCUT2D eigenvalue weighted by Gasteiger charge is 2.44. The number of ether oxygens (including phenoxy) is 2. The summed E-state index contributed by atoms with van der Waals surface area (Å²) < 4.78 is 12.6. The van der Waals surface area contributed by atoms with Gasteiger partial charge >= 0.3 is 0 Å². The minimum absolute atomic E-state index is 0.00251. The van der Waals surface area contributed by atoms with Crippen LogP contribution in [0.2, 0.25) is 0 Å². The molecule has 0 heterocycles. The molecule has 0 spiro atoms. The zero-order valence-corrected chi connectivity index (χ0v) is 13.3. The Labute approximate surface area is 122 Å². The molecule has 2 aliphatic carbocycles. The van der Waals surface area contributed by atoms with Crippen LogP contribution >= 0.6 is 0 Å². The summed E-state index contributed by atoms with van der Waals surface area (Å²) in [5.41, 5.74) is 1.20. The summed E-state index contributed by atoms with van der Waals surface area (Å²) in [6.45, 7) is 10.7. The van der Waals surface area contributed by atoms with E-state index < -0.39 is 5.79 Å². The van der Waals surface area contributed by atoms with Crippen molar-refractivity contribution in [2.24, 2.45) is 5.41 Å². The van der Waals surface area contributed by atoms with Crippen LogP contribution in [-0.4, -0.2) is 11.9 Å². The summed E-state index contributed by atoms with van der Waals surface area (Å²) in [4.78, 5) is 0. The Kier molecular flexibility index (Phi) is 4.24. The minimum Gasteiger partial charge on any atom is -0.458 e. The largest absolute Gasteiger partial charge is 0.458 e. The molecule has 0 radical (unpaired) electrons. The Balaban J connectivity index is 2.37. The molecule has 110 valence electrons. The van der Waals surface area contributed by atoms with Crippen LogP contribution in [0, 0.1) is 5.41 Å². The van der Waals surface area contributed by atoms with Gasteiger partial charge in [0.1, 0.15) is 5.76 Å². The Morgan fingerprint density at radius 1 is 1.20 bits per heavy atom. The smallest absolute Gasteiger partial charge is 0.237 e. The molecule has 0 fully saturated rings. The van der Waals surface area contributed by atoms with E-state index in [2.05, 4.69) is 65.0 Å². The van der Waals surface area contributed by atoms with Crippen molar-refractivity contribution in [3.63, 3.8) is 0 Å². The molecule has 20 heavy (non-hydrogen) atoms. The standard InChI is InChI=1S/C18H26O2/c1-14(2)19-18(20-15-10-6-7-11-15)13-9-8-12-16(18)17(3,4)5/h6,8-12,14H,7,13H2,1-5H3. The molecule has 0 aromatic carbocycles. The van der Waals surface area contributed by atoms with Gasteiger partial charge in [0.05, 0.1) is 6.10 Å². The number of allylic oxidation sites excluding steroid dienone is 5. The van der Waals surface area contributed by atoms with Crippen molar-refractivity contribution < 1.29 is 9.47 Å².